The van der Waals surface area contributed by atoms with E-state index in [2.05, 4.69) is 0 Å². The number of hydrogen-bond acceptors (Lipinski definition) is 7. The third-order valence-electron chi connectivity index (χ3n) is 4.68. The van der Waals surface area contributed by atoms with Gasteiger partial charge in [-0.3, -0.25) is 0 Å². The van der Waals surface area contributed by atoms with Crippen LogP contribution in [0.4, 0.5) is 0 Å². The van der Waals surface area contributed by atoms with Crippen LogP contribution in [0, 0.1) is 11.3 Å². The Morgan fingerprint density at radius 1 is 1.06 bits per heavy atom. The minimum atomic E-state index is -1.54. The lowest BCUT2D eigenvalue weighted by Crippen LogP contribution is -2.13. The molecular formula is C25H23NO6S. The Labute approximate surface area is 195 Å². The van der Waals surface area contributed by atoms with Gasteiger partial charge in [0.25, 0.3) is 0 Å². The largest absolute Gasteiger partial charge is 0.495 e. The van der Waals surface area contributed by atoms with E-state index >= 15 is 0 Å². The third kappa shape index (κ3) is 5.90. The Morgan fingerprint density at radius 2 is 1.79 bits per heavy atom. The molecule has 0 spiro atoms. The Balaban J connectivity index is 1.85. The van der Waals surface area contributed by atoms with Crippen LogP contribution in [0.5, 0.6) is 23.0 Å². The van der Waals surface area contributed by atoms with Crippen LogP contribution in [0.25, 0.3) is 0 Å². The average Bonchev–Trinajstić information content (AvgIpc) is 2.82. The summed E-state index contributed by atoms with van der Waals surface area (Å²) in [4.78, 5) is 13.0. The van der Waals surface area contributed by atoms with Gasteiger partial charge in [-0.25, -0.2) is 9.00 Å². The second-order valence-corrected chi connectivity index (χ2v) is 7.83. The molecule has 0 amide bonds. The molecule has 0 saturated carbocycles. The van der Waals surface area contributed by atoms with E-state index in [0.717, 1.165) is 0 Å². The molecule has 2 unspecified atom stereocenters. The van der Waals surface area contributed by atoms with E-state index in [1.807, 2.05) is 43.3 Å². The van der Waals surface area contributed by atoms with Crippen molar-refractivity contribution in [2.45, 2.75) is 19.4 Å². The summed E-state index contributed by atoms with van der Waals surface area (Å²) in [6, 6.07) is 21.0. The molecule has 0 fully saturated rings. The summed E-state index contributed by atoms with van der Waals surface area (Å²) in [5.41, 5.74) is 1.18. The first-order chi connectivity index (χ1) is 16.0. The predicted molar refractivity (Wildman–Crippen MR) is 124 cm³/mol. The summed E-state index contributed by atoms with van der Waals surface area (Å²) >= 11 is -1.54. The van der Waals surface area contributed by atoms with Crippen LogP contribution in [0.3, 0.4) is 0 Å². The normalized spacial score (nSPS) is 12.2. The molecule has 0 saturated heterocycles. The second-order valence-electron chi connectivity index (χ2n) is 6.86. The number of nitrogens with zero attached hydrogens (tertiary/aromatic N) is 1. The lowest BCUT2D eigenvalue weighted by molar-refractivity contribution is 0.0400. The summed E-state index contributed by atoms with van der Waals surface area (Å²) in [5, 5.41) is 9.67. The molecule has 3 aromatic carbocycles. The van der Waals surface area contributed by atoms with E-state index < -0.39 is 23.2 Å². The molecular weight excluding hydrogens is 442 g/mol. The van der Waals surface area contributed by atoms with Crippen LogP contribution < -0.4 is 13.7 Å². The highest BCUT2D eigenvalue weighted by Crippen LogP contribution is 2.35. The van der Waals surface area contributed by atoms with E-state index in [9.17, 15) is 14.3 Å². The van der Waals surface area contributed by atoms with Crippen molar-refractivity contribution in [3.05, 3.63) is 83.4 Å². The Hall–Kier alpha value is -3.83. The molecule has 0 N–H and O–H groups in total. The van der Waals surface area contributed by atoms with Gasteiger partial charge in [-0.1, -0.05) is 37.3 Å². The summed E-state index contributed by atoms with van der Waals surface area (Å²) in [6.07, 6.45) is 0.712. The molecule has 0 bridgehead atoms. The van der Waals surface area contributed by atoms with Crippen LogP contribution in [-0.2, 0) is 22.2 Å². The molecule has 3 aromatic rings. The van der Waals surface area contributed by atoms with Crippen LogP contribution in [0.15, 0.2) is 66.7 Å². The molecule has 0 aromatic heterocycles. The van der Waals surface area contributed by atoms with Crippen molar-refractivity contribution in [1.29, 1.82) is 5.26 Å². The van der Waals surface area contributed by atoms with Crippen molar-refractivity contribution in [2.24, 2.45) is 0 Å². The van der Waals surface area contributed by atoms with E-state index in [1.54, 1.807) is 24.3 Å². The number of nitriles is 1. The number of para-hydroxylation sites is 1. The van der Waals surface area contributed by atoms with E-state index in [4.69, 9.17) is 18.4 Å². The molecule has 0 radical (unpaired) electrons. The fourth-order valence-corrected chi connectivity index (χ4v) is 3.66. The number of rotatable bonds is 9. The topological polar surface area (TPSA) is 94.9 Å². The Morgan fingerprint density at radius 3 is 2.42 bits per heavy atom. The number of carbonyl (C=O) groups is 1. The number of ether oxygens (including phenoxy) is 3. The summed E-state index contributed by atoms with van der Waals surface area (Å²) in [7, 11) is 1.42. The first-order valence-electron chi connectivity index (χ1n) is 10.1. The highest BCUT2D eigenvalue weighted by atomic mass is 32.2. The lowest BCUT2D eigenvalue weighted by atomic mass is 10.0. The zero-order chi connectivity index (χ0) is 23.8. The van der Waals surface area contributed by atoms with Crippen molar-refractivity contribution < 1.29 is 27.4 Å². The van der Waals surface area contributed by atoms with Gasteiger partial charge in [0.1, 0.15) is 34.6 Å². The summed E-state index contributed by atoms with van der Waals surface area (Å²) in [6.45, 7) is 1.86. The fraction of sp³-hybridized carbons (Fsp3) is 0.200. The number of benzene rings is 3. The van der Waals surface area contributed by atoms with Crippen molar-refractivity contribution in [3.8, 4) is 29.1 Å². The quantitative estimate of drug-likeness (QED) is 0.404. The third-order valence-corrected chi connectivity index (χ3v) is 5.10. The average molecular weight is 466 g/mol. The highest BCUT2D eigenvalue weighted by molar-refractivity contribution is 7.79. The van der Waals surface area contributed by atoms with E-state index in [0.29, 0.717) is 34.8 Å². The zero-order valence-electron chi connectivity index (χ0n) is 18.4. The maximum atomic E-state index is 13.0. The van der Waals surface area contributed by atoms with E-state index in [1.165, 1.54) is 25.5 Å². The van der Waals surface area contributed by atoms with Crippen molar-refractivity contribution in [3.63, 3.8) is 0 Å². The molecule has 33 heavy (non-hydrogen) atoms. The molecule has 2 atom stereocenters. The van der Waals surface area contributed by atoms with Crippen LogP contribution >= 0.6 is 0 Å². The monoisotopic (exact) mass is 465 g/mol. The molecule has 0 aliphatic rings. The Bertz CT molecular complexity index is 1190. The van der Waals surface area contributed by atoms with Crippen LogP contribution in [0.2, 0.25) is 0 Å². The first kappa shape index (κ1) is 23.8. The number of esters is 1. The number of methoxy groups -OCH3 is 1. The lowest BCUT2D eigenvalue weighted by Gasteiger charge is -2.17. The number of hydrogen-bond donors (Lipinski definition) is 0. The SMILES string of the molecule is CCc1c(OS(C)=O)ccc(C(=O)OC(C#N)c2cccc(Oc3ccccc3)c2)c1OC. The number of carbonyl (C=O) groups excluding carboxylic acids is 1. The minimum Gasteiger partial charge on any atom is -0.495 e. The van der Waals surface area contributed by atoms with Gasteiger partial charge in [-0.2, -0.15) is 5.26 Å². The Kier molecular flexibility index (Phi) is 8.06. The summed E-state index contributed by atoms with van der Waals surface area (Å²) in [5.74, 6) is 1.03. The maximum absolute atomic E-state index is 13.0. The van der Waals surface area contributed by atoms with Gasteiger partial charge in [0, 0.05) is 17.4 Å². The maximum Gasteiger partial charge on any atom is 0.343 e. The highest BCUT2D eigenvalue weighted by Gasteiger charge is 2.24. The van der Waals surface area contributed by atoms with Crippen LogP contribution in [0.1, 0.15) is 34.5 Å². The van der Waals surface area contributed by atoms with Gasteiger partial charge in [0.15, 0.2) is 0 Å². The fourth-order valence-electron chi connectivity index (χ4n) is 3.25. The minimum absolute atomic E-state index is 0.139. The molecule has 7 nitrogen and oxygen atoms in total. The molecule has 3 rings (SSSR count). The van der Waals surface area contributed by atoms with Gasteiger partial charge in [-0.15, -0.1) is 0 Å². The van der Waals surface area contributed by atoms with Gasteiger partial charge in [0.2, 0.25) is 17.2 Å². The first-order valence-corrected chi connectivity index (χ1v) is 11.6. The van der Waals surface area contributed by atoms with Gasteiger partial charge in [-0.05, 0) is 42.8 Å². The van der Waals surface area contributed by atoms with Crippen LogP contribution in [-0.4, -0.2) is 23.5 Å². The molecule has 0 aliphatic carbocycles. The summed E-state index contributed by atoms with van der Waals surface area (Å²) < 4.78 is 33.6. The standard InChI is InChI=1S/C25H23NO6S/c1-4-20-22(32-33(3)28)14-13-21(24(20)29-2)25(27)31-23(16-26)17-9-8-12-19(15-17)30-18-10-6-5-7-11-18/h5-15,23H,4H2,1-3H3. The molecule has 0 aliphatic heterocycles. The van der Waals surface area contributed by atoms with Crippen molar-refractivity contribution >= 4 is 17.0 Å². The second kappa shape index (κ2) is 11.2. The van der Waals surface area contributed by atoms with Crippen molar-refractivity contribution in [2.75, 3.05) is 13.4 Å². The molecule has 0 heterocycles. The van der Waals surface area contributed by atoms with Gasteiger partial charge >= 0.3 is 5.97 Å². The smallest absolute Gasteiger partial charge is 0.343 e. The van der Waals surface area contributed by atoms with E-state index in [-0.39, 0.29) is 11.3 Å². The van der Waals surface area contributed by atoms with Gasteiger partial charge < -0.3 is 18.4 Å². The molecule has 8 heteroatoms. The predicted octanol–water partition coefficient (Wildman–Crippen LogP) is 5.14. The van der Waals surface area contributed by atoms with Gasteiger partial charge in [0.05, 0.1) is 7.11 Å². The zero-order valence-corrected chi connectivity index (χ0v) is 19.3. The molecule has 170 valence electrons. The van der Waals surface area contributed by atoms with Crippen molar-refractivity contribution in [1.82, 2.24) is 0 Å².